The van der Waals surface area contributed by atoms with E-state index >= 15 is 0 Å². The lowest BCUT2D eigenvalue weighted by Crippen LogP contribution is -2.50. The van der Waals surface area contributed by atoms with Crippen LogP contribution in [0.15, 0.2) is 24.4 Å². The van der Waals surface area contributed by atoms with Crippen LogP contribution in [0, 0.1) is 0 Å². The van der Waals surface area contributed by atoms with Gasteiger partial charge in [-0.15, -0.1) is 0 Å². The molecule has 1 aromatic heterocycles. The van der Waals surface area contributed by atoms with Gasteiger partial charge in [-0.3, -0.25) is 4.68 Å². The normalized spacial score (nSPS) is 16.2. The molecule has 2 N–H and O–H groups in total. The van der Waals surface area contributed by atoms with Crippen LogP contribution < -0.4 is 5.32 Å². The number of amides is 2. The Morgan fingerprint density at radius 3 is 2.65 bits per heavy atom. The lowest BCUT2D eigenvalue weighted by atomic mass is 10.2. The highest BCUT2D eigenvalue weighted by molar-refractivity contribution is 5.82. The van der Waals surface area contributed by atoms with E-state index in [0.29, 0.717) is 19.5 Å². The number of halogens is 3. The number of alkyl halides is 3. The van der Waals surface area contributed by atoms with Gasteiger partial charge in [-0.2, -0.15) is 18.3 Å². The lowest BCUT2D eigenvalue weighted by molar-refractivity contribution is -0.141. The first-order valence-corrected chi connectivity index (χ1v) is 6.81. The summed E-state index contributed by atoms with van der Waals surface area (Å²) in [5.41, 5.74) is -1.12. The summed E-state index contributed by atoms with van der Waals surface area (Å²) in [6.07, 6.45) is 0.768. The number of urea groups is 1. The molecule has 2 rings (SSSR count). The van der Waals surface area contributed by atoms with Crippen LogP contribution in [0.3, 0.4) is 0 Å². The highest BCUT2D eigenvalue weighted by atomic mass is 19.4. The van der Waals surface area contributed by atoms with Crippen molar-refractivity contribution < 1.29 is 27.9 Å². The molecule has 2 amide bonds. The van der Waals surface area contributed by atoms with Gasteiger partial charge in [-0.25, -0.2) is 9.59 Å². The van der Waals surface area contributed by atoms with Crippen LogP contribution in [0.2, 0.25) is 0 Å². The molecule has 0 aromatic carbocycles. The lowest BCUT2D eigenvalue weighted by Gasteiger charge is -2.25. The second-order valence-corrected chi connectivity index (χ2v) is 4.97. The summed E-state index contributed by atoms with van der Waals surface area (Å²) >= 11 is 0. The van der Waals surface area contributed by atoms with Crippen molar-refractivity contribution in [2.75, 3.05) is 13.1 Å². The number of carboxylic acids is 1. The monoisotopic (exact) mass is 332 g/mol. The topological polar surface area (TPSA) is 87.5 Å². The van der Waals surface area contributed by atoms with E-state index in [9.17, 15) is 22.8 Å². The Bertz CT molecular complexity index is 612. The molecule has 23 heavy (non-hydrogen) atoms. The van der Waals surface area contributed by atoms with E-state index in [0.717, 1.165) is 16.9 Å². The summed E-state index contributed by atoms with van der Waals surface area (Å²) in [6.45, 7) is 0.410. The molecule has 0 fully saturated rings. The first kappa shape index (κ1) is 16.8. The molecule has 0 aliphatic carbocycles. The Morgan fingerprint density at radius 2 is 2.13 bits per heavy atom. The van der Waals surface area contributed by atoms with Crippen molar-refractivity contribution in [2.24, 2.45) is 0 Å². The first-order valence-electron chi connectivity index (χ1n) is 6.81. The summed E-state index contributed by atoms with van der Waals surface area (Å²) in [6, 6.07) is -1.21. The fourth-order valence-corrected chi connectivity index (χ4v) is 2.05. The largest absolute Gasteiger partial charge is 0.480 e. The van der Waals surface area contributed by atoms with Crippen molar-refractivity contribution >= 4 is 12.0 Å². The number of carbonyl (C=O) groups is 2. The Hall–Kier alpha value is -2.52. The van der Waals surface area contributed by atoms with E-state index in [1.54, 1.807) is 6.08 Å². The van der Waals surface area contributed by atoms with Crippen molar-refractivity contribution in [2.45, 2.75) is 25.2 Å². The van der Waals surface area contributed by atoms with Gasteiger partial charge in [0.05, 0.1) is 6.54 Å². The SMILES string of the molecule is O=C(O)C(Cn1ccc(C(F)(F)F)n1)NC(=O)N1CC=CCC1. The first-order chi connectivity index (χ1) is 10.8. The number of hydrogen-bond donors (Lipinski definition) is 2. The molecule has 1 atom stereocenters. The van der Waals surface area contributed by atoms with Crippen LogP contribution in [-0.2, 0) is 17.5 Å². The van der Waals surface area contributed by atoms with Gasteiger partial charge in [0, 0.05) is 19.3 Å². The Morgan fingerprint density at radius 1 is 1.39 bits per heavy atom. The number of aromatic nitrogens is 2. The molecular weight excluding hydrogens is 317 g/mol. The quantitative estimate of drug-likeness (QED) is 0.814. The molecule has 0 saturated heterocycles. The molecular formula is C13H15F3N4O3. The van der Waals surface area contributed by atoms with E-state index in [-0.39, 0.29) is 0 Å². The molecule has 0 saturated carbocycles. The van der Waals surface area contributed by atoms with Gasteiger partial charge < -0.3 is 15.3 Å². The van der Waals surface area contributed by atoms with E-state index in [4.69, 9.17) is 5.11 Å². The molecule has 0 bridgehead atoms. The minimum atomic E-state index is -4.60. The average Bonchev–Trinajstić information content (AvgIpc) is 2.96. The fourth-order valence-electron chi connectivity index (χ4n) is 2.05. The van der Waals surface area contributed by atoms with Gasteiger partial charge in [0.15, 0.2) is 5.69 Å². The molecule has 1 aliphatic rings. The predicted molar refractivity (Wildman–Crippen MR) is 72.5 cm³/mol. The number of carboxylic acid groups (broad SMARTS) is 1. The summed E-state index contributed by atoms with van der Waals surface area (Å²) in [5, 5.41) is 14.7. The average molecular weight is 332 g/mol. The molecule has 126 valence electrons. The zero-order chi connectivity index (χ0) is 17.0. The minimum Gasteiger partial charge on any atom is -0.480 e. The summed E-state index contributed by atoms with van der Waals surface area (Å²) in [7, 11) is 0. The van der Waals surface area contributed by atoms with Crippen LogP contribution in [0.4, 0.5) is 18.0 Å². The van der Waals surface area contributed by atoms with E-state index in [2.05, 4.69) is 10.4 Å². The second kappa shape index (κ2) is 6.71. The standard InChI is InChI=1S/C13H15F3N4O3/c14-13(15,16)10-4-7-20(18-10)8-9(11(21)22)17-12(23)19-5-2-1-3-6-19/h1-2,4,7,9H,3,5-6,8H2,(H,17,23)(H,21,22). The number of rotatable bonds is 4. The van der Waals surface area contributed by atoms with Gasteiger partial charge in [-0.05, 0) is 12.5 Å². The van der Waals surface area contributed by atoms with Crippen LogP contribution in [0.5, 0.6) is 0 Å². The zero-order valence-electron chi connectivity index (χ0n) is 12.0. The smallest absolute Gasteiger partial charge is 0.435 e. The number of carbonyl (C=O) groups excluding carboxylic acids is 1. The molecule has 0 radical (unpaired) electrons. The van der Waals surface area contributed by atoms with Crippen molar-refractivity contribution in [1.29, 1.82) is 0 Å². The molecule has 7 nitrogen and oxygen atoms in total. The third-order valence-electron chi connectivity index (χ3n) is 3.24. The summed E-state index contributed by atoms with van der Waals surface area (Å²) < 4.78 is 38.3. The van der Waals surface area contributed by atoms with E-state index < -0.39 is 36.5 Å². The van der Waals surface area contributed by atoms with Gasteiger partial charge in [0.25, 0.3) is 0 Å². The van der Waals surface area contributed by atoms with Crippen LogP contribution >= 0.6 is 0 Å². The zero-order valence-corrected chi connectivity index (χ0v) is 12.0. The van der Waals surface area contributed by atoms with E-state index in [1.165, 1.54) is 4.90 Å². The summed E-state index contributed by atoms with van der Waals surface area (Å²) in [5.74, 6) is -1.35. The number of nitrogens with zero attached hydrogens (tertiary/aromatic N) is 3. The van der Waals surface area contributed by atoms with E-state index in [1.807, 2.05) is 6.08 Å². The third kappa shape index (κ3) is 4.47. The molecule has 0 spiro atoms. The highest BCUT2D eigenvalue weighted by Crippen LogP contribution is 2.27. The Balaban J connectivity index is 2.01. The molecule has 10 heteroatoms. The maximum Gasteiger partial charge on any atom is 0.435 e. The van der Waals surface area contributed by atoms with Gasteiger partial charge >= 0.3 is 18.2 Å². The van der Waals surface area contributed by atoms with Crippen molar-refractivity contribution in [3.05, 3.63) is 30.1 Å². The molecule has 1 unspecified atom stereocenters. The number of nitrogens with one attached hydrogen (secondary N) is 1. The summed E-state index contributed by atoms with van der Waals surface area (Å²) in [4.78, 5) is 24.6. The van der Waals surface area contributed by atoms with Crippen LogP contribution in [0.1, 0.15) is 12.1 Å². The maximum absolute atomic E-state index is 12.5. The number of aliphatic carboxylic acids is 1. The van der Waals surface area contributed by atoms with Crippen molar-refractivity contribution in [3.8, 4) is 0 Å². The molecule has 1 aliphatic heterocycles. The predicted octanol–water partition coefficient (Wildman–Crippen LogP) is 1.33. The minimum absolute atomic E-state index is 0.359. The second-order valence-electron chi connectivity index (χ2n) is 4.97. The van der Waals surface area contributed by atoms with Gasteiger partial charge in [0.1, 0.15) is 6.04 Å². The Kier molecular flexibility index (Phi) is 4.92. The highest BCUT2D eigenvalue weighted by Gasteiger charge is 2.34. The fraction of sp³-hybridized carbons (Fsp3) is 0.462. The number of hydrogen-bond acceptors (Lipinski definition) is 3. The third-order valence-corrected chi connectivity index (χ3v) is 3.24. The van der Waals surface area contributed by atoms with Gasteiger partial charge in [0.2, 0.25) is 0 Å². The van der Waals surface area contributed by atoms with Gasteiger partial charge in [-0.1, -0.05) is 12.2 Å². The maximum atomic E-state index is 12.5. The Labute approximate surface area is 129 Å². The van der Waals surface area contributed by atoms with Crippen molar-refractivity contribution in [3.63, 3.8) is 0 Å². The van der Waals surface area contributed by atoms with Crippen LogP contribution in [0.25, 0.3) is 0 Å². The van der Waals surface area contributed by atoms with Crippen LogP contribution in [-0.4, -0.2) is 50.9 Å². The molecule has 1 aromatic rings. The van der Waals surface area contributed by atoms with Crippen molar-refractivity contribution in [1.82, 2.24) is 20.0 Å². The molecule has 2 heterocycles.